The zero-order valence-corrected chi connectivity index (χ0v) is 20.6. The number of carbonyl (C=O) groups is 2. The predicted molar refractivity (Wildman–Crippen MR) is 142 cm³/mol. The van der Waals surface area contributed by atoms with Gasteiger partial charge in [-0.15, -0.1) is 0 Å². The highest BCUT2D eigenvalue weighted by atomic mass is 16.5. The summed E-state index contributed by atoms with van der Waals surface area (Å²) in [6.07, 6.45) is 0. The SMILES string of the molecule is N#CC(C(=O)Nc1ccccc1)C(=O)c1nn(-c2ccccc2)c2c1C(N1CCOCC1)c1ccccc1-2. The third-order valence-electron chi connectivity index (χ3n) is 7.05. The molecule has 0 saturated carbocycles. The number of benzene rings is 3. The Balaban J connectivity index is 1.49. The Kier molecular flexibility index (Phi) is 6.30. The molecule has 0 radical (unpaired) electrons. The second kappa shape index (κ2) is 10.1. The lowest BCUT2D eigenvalue weighted by Crippen LogP contribution is -2.39. The summed E-state index contributed by atoms with van der Waals surface area (Å²) in [7, 11) is 0. The highest BCUT2D eigenvalue weighted by Gasteiger charge is 2.43. The second-order valence-electron chi connectivity index (χ2n) is 9.28. The van der Waals surface area contributed by atoms with Crippen LogP contribution in [0.5, 0.6) is 0 Å². The average Bonchev–Trinajstić information content (AvgIpc) is 3.51. The standard InChI is InChI=1S/C30H25N5O3/c31-19-24(30(37)32-20-9-3-1-4-10-20)29(36)26-25-27(34-15-17-38-18-16-34)22-13-7-8-14-23(22)28(25)35(33-26)21-11-5-2-6-12-21/h1-14,24,27H,15-18H2,(H,32,37). The van der Waals surface area contributed by atoms with Crippen molar-refractivity contribution in [1.29, 1.82) is 5.26 Å². The van der Waals surface area contributed by atoms with Crippen molar-refractivity contribution in [3.05, 3.63) is 102 Å². The molecule has 4 aromatic rings. The van der Waals surface area contributed by atoms with E-state index in [0.717, 1.165) is 28.1 Å². The fourth-order valence-electron chi connectivity index (χ4n) is 5.32. The lowest BCUT2D eigenvalue weighted by Gasteiger charge is -2.33. The molecule has 6 rings (SSSR count). The van der Waals surface area contributed by atoms with Gasteiger partial charge in [-0.25, -0.2) is 4.68 Å². The van der Waals surface area contributed by atoms with Crippen molar-refractivity contribution in [3.8, 4) is 23.0 Å². The summed E-state index contributed by atoms with van der Waals surface area (Å²) in [5.41, 5.74) is 5.05. The number of hydrogen-bond donors (Lipinski definition) is 1. The molecule has 2 atom stereocenters. The number of amides is 1. The molecule has 3 aromatic carbocycles. The molecule has 8 nitrogen and oxygen atoms in total. The smallest absolute Gasteiger partial charge is 0.249 e. The van der Waals surface area contributed by atoms with Gasteiger partial charge < -0.3 is 10.1 Å². The number of morpholine rings is 1. The molecule has 2 unspecified atom stereocenters. The molecule has 1 amide bonds. The van der Waals surface area contributed by atoms with E-state index in [2.05, 4.69) is 16.3 Å². The van der Waals surface area contributed by atoms with Crippen molar-refractivity contribution < 1.29 is 14.3 Å². The average molecular weight is 504 g/mol. The van der Waals surface area contributed by atoms with Crippen molar-refractivity contribution in [2.45, 2.75) is 6.04 Å². The molecule has 1 fully saturated rings. The summed E-state index contributed by atoms with van der Waals surface area (Å²) in [5.74, 6) is -2.84. The number of aromatic nitrogens is 2. The van der Waals surface area contributed by atoms with Crippen LogP contribution in [0.25, 0.3) is 16.9 Å². The van der Waals surface area contributed by atoms with Gasteiger partial charge in [0.2, 0.25) is 11.7 Å². The van der Waals surface area contributed by atoms with Crippen LogP contribution in [-0.2, 0) is 9.53 Å². The van der Waals surface area contributed by atoms with Gasteiger partial charge in [0.1, 0.15) is 5.69 Å². The second-order valence-corrected chi connectivity index (χ2v) is 9.28. The zero-order chi connectivity index (χ0) is 26.1. The third kappa shape index (κ3) is 4.08. The van der Waals surface area contributed by atoms with Crippen LogP contribution in [0.1, 0.15) is 27.7 Å². The summed E-state index contributed by atoms with van der Waals surface area (Å²) in [6.45, 7) is 2.56. The minimum absolute atomic E-state index is 0.145. The van der Waals surface area contributed by atoms with Gasteiger partial charge >= 0.3 is 0 Å². The molecule has 38 heavy (non-hydrogen) atoms. The summed E-state index contributed by atoms with van der Waals surface area (Å²) < 4.78 is 7.37. The first-order chi connectivity index (χ1) is 18.7. The summed E-state index contributed by atoms with van der Waals surface area (Å²) in [4.78, 5) is 29.4. The molecule has 0 bridgehead atoms. The Morgan fingerprint density at radius 3 is 2.32 bits per heavy atom. The number of ketones is 1. The third-order valence-corrected chi connectivity index (χ3v) is 7.05. The first kappa shape index (κ1) is 23.8. The van der Waals surface area contributed by atoms with E-state index in [-0.39, 0.29) is 11.7 Å². The fourth-order valence-corrected chi connectivity index (χ4v) is 5.32. The molecule has 8 heteroatoms. The Morgan fingerprint density at radius 1 is 0.947 bits per heavy atom. The Morgan fingerprint density at radius 2 is 1.61 bits per heavy atom. The van der Waals surface area contributed by atoms with Gasteiger partial charge in [0.25, 0.3) is 0 Å². The number of carbonyl (C=O) groups excluding carboxylic acids is 2. The highest BCUT2D eigenvalue weighted by molar-refractivity contribution is 6.16. The van der Waals surface area contributed by atoms with Gasteiger partial charge in [-0.1, -0.05) is 60.7 Å². The molecular formula is C30H25N5O3. The maximum atomic E-state index is 14.0. The molecular weight excluding hydrogens is 478 g/mol. The monoisotopic (exact) mass is 503 g/mol. The summed E-state index contributed by atoms with van der Waals surface area (Å²) >= 11 is 0. The van der Waals surface area contributed by atoms with Crippen LogP contribution in [0.4, 0.5) is 5.69 Å². The normalized spacial score (nSPS) is 17.2. The molecule has 1 N–H and O–H groups in total. The van der Waals surface area contributed by atoms with Crippen molar-refractivity contribution in [3.63, 3.8) is 0 Å². The van der Waals surface area contributed by atoms with Crippen molar-refractivity contribution in [1.82, 2.24) is 14.7 Å². The van der Waals surface area contributed by atoms with Crippen LogP contribution in [0.15, 0.2) is 84.9 Å². The number of anilines is 1. The molecule has 2 heterocycles. The first-order valence-electron chi connectivity index (χ1n) is 12.6. The molecule has 1 aromatic heterocycles. The van der Waals surface area contributed by atoms with Crippen LogP contribution < -0.4 is 5.32 Å². The van der Waals surface area contributed by atoms with E-state index in [1.54, 1.807) is 28.9 Å². The summed E-state index contributed by atoms with van der Waals surface area (Å²) in [5, 5.41) is 17.5. The van der Waals surface area contributed by atoms with Crippen LogP contribution in [-0.4, -0.2) is 52.7 Å². The number of nitrogens with one attached hydrogen (secondary N) is 1. The van der Waals surface area contributed by atoms with Crippen LogP contribution in [0.3, 0.4) is 0 Å². The van der Waals surface area contributed by atoms with E-state index in [1.165, 1.54) is 0 Å². The van der Waals surface area contributed by atoms with E-state index in [0.29, 0.717) is 32.0 Å². The van der Waals surface area contributed by atoms with Crippen LogP contribution >= 0.6 is 0 Å². The minimum Gasteiger partial charge on any atom is -0.379 e. The highest BCUT2D eigenvalue weighted by Crippen LogP contribution is 2.49. The van der Waals surface area contributed by atoms with Crippen LogP contribution in [0.2, 0.25) is 0 Å². The zero-order valence-electron chi connectivity index (χ0n) is 20.6. The number of para-hydroxylation sites is 2. The number of Topliss-reactive ketones (excluding diaryl/α,β-unsaturated/α-hetero) is 1. The van der Waals surface area contributed by atoms with Crippen molar-refractivity contribution >= 4 is 17.4 Å². The largest absolute Gasteiger partial charge is 0.379 e. The molecule has 188 valence electrons. The van der Waals surface area contributed by atoms with E-state index >= 15 is 0 Å². The number of nitrogens with zero attached hydrogens (tertiary/aromatic N) is 4. The fraction of sp³-hybridized carbons (Fsp3) is 0.200. The van der Waals surface area contributed by atoms with E-state index in [1.807, 2.05) is 60.7 Å². The molecule has 1 aliphatic carbocycles. The Bertz CT molecular complexity index is 1540. The lowest BCUT2D eigenvalue weighted by atomic mass is 9.95. The van der Waals surface area contributed by atoms with E-state index in [9.17, 15) is 14.9 Å². The van der Waals surface area contributed by atoms with Gasteiger partial charge in [0.15, 0.2) is 5.92 Å². The lowest BCUT2D eigenvalue weighted by molar-refractivity contribution is -0.117. The molecule has 1 aliphatic heterocycles. The maximum absolute atomic E-state index is 14.0. The van der Waals surface area contributed by atoms with Gasteiger partial charge in [-0.05, 0) is 29.8 Å². The van der Waals surface area contributed by atoms with Gasteiger partial charge in [0, 0.05) is 29.9 Å². The van der Waals surface area contributed by atoms with Gasteiger partial charge in [0.05, 0.1) is 36.7 Å². The summed E-state index contributed by atoms with van der Waals surface area (Å²) in [6, 6.07) is 28.2. The maximum Gasteiger partial charge on any atom is 0.249 e. The van der Waals surface area contributed by atoms with E-state index < -0.39 is 17.6 Å². The number of nitriles is 1. The number of hydrogen-bond acceptors (Lipinski definition) is 6. The number of fused-ring (bicyclic) bond motifs is 3. The molecule has 2 aliphatic rings. The quantitative estimate of drug-likeness (QED) is 0.312. The molecule has 1 saturated heterocycles. The topological polar surface area (TPSA) is 100 Å². The number of rotatable bonds is 6. The predicted octanol–water partition coefficient (Wildman–Crippen LogP) is 4.24. The Labute approximate surface area is 220 Å². The van der Waals surface area contributed by atoms with Crippen molar-refractivity contribution in [2.75, 3.05) is 31.6 Å². The van der Waals surface area contributed by atoms with Gasteiger partial charge in [-0.2, -0.15) is 10.4 Å². The van der Waals surface area contributed by atoms with Gasteiger partial charge in [-0.3, -0.25) is 14.5 Å². The Hall–Kier alpha value is -4.58. The van der Waals surface area contributed by atoms with Crippen LogP contribution in [0, 0.1) is 17.2 Å². The first-order valence-corrected chi connectivity index (χ1v) is 12.6. The van der Waals surface area contributed by atoms with E-state index in [4.69, 9.17) is 9.84 Å². The molecule has 0 spiro atoms. The number of ether oxygens (including phenoxy) is 1. The van der Waals surface area contributed by atoms with Crippen molar-refractivity contribution in [2.24, 2.45) is 5.92 Å². The minimum atomic E-state index is -1.55.